The highest BCUT2D eigenvalue weighted by atomic mass is 35.5. The molecule has 0 aliphatic rings. The van der Waals surface area contributed by atoms with E-state index in [0.717, 1.165) is 5.56 Å². The van der Waals surface area contributed by atoms with Crippen molar-refractivity contribution in [2.75, 3.05) is 12.4 Å². The van der Waals surface area contributed by atoms with Gasteiger partial charge in [0.05, 0.1) is 24.6 Å². The fourth-order valence-electron chi connectivity index (χ4n) is 1.39. The molecule has 102 valence electrons. The van der Waals surface area contributed by atoms with Gasteiger partial charge in [-0.25, -0.2) is 0 Å². The number of benzene rings is 1. The number of ether oxygens (including phenoxy) is 1. The number of rotatable bonds is 7. The molecule has 1 aromatic carbocycles. The van der Waals surface area contributed by atoms with E-state index >= 15 is 0 Å². The molecule has 0 aromatic heterocycles. The summed E-state index contributed by atoms with van der Waals surface area (Å²) < 4.78 is 17.1. The van der Waals surface area contributed by atoms with Crippen LogP contribution in [0.25, 0.3) is 0 Å². The smallest absolute Gasteiger partial charge is 0.0888 e. The Bertz CT molecular complexity index is 378. The van der Waals surface area contributed by atoms with Crippen LogP contribution in [0, 0.1) is 0 Å². The molecule has 0 amide bonds. The van der Waals surface area contributed by atoms with E-state index < -0.39 is 16.9 Å². The molecule has 0 spiro atoms. The van der Waals surface area contributed by atoms with Gasteiger partial charge in [0.25, 0.3) is 0 Å². The van der Waals surface area contributed by atoms with Gasteiger partial charge in [0, 0.05) is 21.6 Å². The van der Waals surface area contributed by atoms with Crippen molar-refractivity contribution in [2.45, 2.75) is 31.8 Å². The van der Waals surface area contributed by atoms with Gasteiger partial charge >= 0.3 is 0 Å². The largest absolute Gasteiger partial charge is 0.390 e. The van der Waals surface area contributed by atoms with Gasteiger partial charge in [-0.2, -0.15) is 0 Å². The van der Waals surface area contributed by atoms with Crippen LogP contribution < -0.4 is 0 Å². The Kier molecular flexibility index (Phi) is 6.86. The predicted octanol–water partition coefficient (Wildman–Crippen LogP) is 2.37. The number of aliphatic hydroxyl groups is 1. The third kappa shape index (κ3) is 6.50. The lowest BCUT2D eigenvalue weighted by Gasteiger charge is -2.13. The first-order valence-corrected chi connectivity index (χ1v) is 7.73. The van der Waals surface area contributed by atoms with E-state index in [1.165, 1.54) is 0 Å². The maximum atomic E-state index is 11.8. The van der Waals surface area contributed by atoms with Crippen molar-refractivity contribution in [3.8, 4) is 0 Å². The highest BCUT2D eigenvalue weighted by Gasteiger charge is 2.11. The molecule has 0 fully saturated rings. The molecule has 0 heterocycles. The Morgan fingerprint density at radius 1 is 1.33 bits per heavy atom. The average molecular weight is 291 g/mol. The van der Waals surface area contributed by atoms with Gasteiger partial charge in [0.1, 0.15) is 0 Å². The Labute approximate surface area is 116 Å². The average Bonchev–Trinajstić information content (AvgIpc) is 2.29. The lowest BCUT2D eigenvalue weighted by molar-refractivity contribution is 0.0149. The van der Waals surface area contributed by atoms with Gasteiger partial charge in [-0.05, 0) is 31.5 Å². The van der Waals surface area contributed by atoms with Crippen molar-refractivity contribution >= 4 is 22.4 Å². The monoisotopic (exact) mass is 290 g/mol. The first kappa shape index (κ1) is 15.6. The standard InChI is InChI=1S/C13H19ClO3S/c1-10(2)17-7-13(15)9-18(16)8-11-3-5-12(14)6-4-11/h3-6,10,13,15H,7-9H2,1-2H3/t13-,18+/m1/s1. The predicted molar refractivity (Wildman–Crippen MR) is 75.3 cm³/mol. The second kappa shape index (κ2) is 7.89. The van der Waals surface area contributed by atoms with E-state index in [2.05, 4.69) is 0 Å². The zero-order valence-electron chi connectivity index (χ0n) is 10.6. The van der Waals surface area contributed by atoms with Crippen molar-refractivity contribution < 1.29 is 14.1 Å². The van der Waals surface area contributed by atoms with Crippen molar-refractivity contribution in [1.82, 2.24) is 0 Å². The minimum absolute atomic E-state index is 0.0735. The Hall–Kier alpha value is -0.420. The number of aliphatic hydroxyl groups excluding tert-OH is 1. The van der Waals surface area contributed by atoms with Crippen LogP contribution in [-0.2, 0) is 21.3 Å². The highest BCUT2D eigenvalue weighted by molar-refractivity contribution is 7.84. The Balaban J connectivity index is 2.34. The van der Waals surface area contributed by atoms with E-state index in [0.29, 0.717) is 10.8 Å². The minimum atomic E-state index is -1.10. The van der Waals surface area contributed by atoms with E-state index in [9.17, 15) is 9.32 Å². The van der Waals surface area contributed by atoms with E-state index in [1.54, 1.807) is 12.1 Å². The van der Waals surface area contributed by atoms with E-state index in [4.69, 9.17) is 16.3 Å². The van der Waals surface area contributed by atoms with Crippen molar-refractivity contribution in [1.29, 1.82) is 0 Å². The van der Waals surface area contributed by atoms with Crippen molar-refractivity contribution in [2.24, 2.45) is 0 Å². The first-order valence-electron chi connectivity index (χ1n) is 5.86. The number of hydrogen-bond donors (Lipinski definition) is 1. The lowest BCUT2D eigenvalue weighted by Crippen LogP contribution is -2.25. The summed E-state index contributed by atoms with van der Waals surface area (Å²) in [5.41, 5.74) is 0.953. The van der Waals surface area contributed by atoms with Crippen LogP contribution in [0.5, 0.6) is 0 Å². The molecule has 1 aromatic rings. The molecule has 5 heteroatoms. The summed E-state index contributed by atoms with van der Waals surface area (Å²) in [5, 5.41) is 10.3. The Morgan fingerprint density at radius 3 is 2.50 bits per heavy atom. The summed E-state index contributed by atoms with van der Waals surface area (Å²) in [7, 11) is -1.10. The maximum absolute atomic E-state index is 11.8. The summed E-state index contributed by atoms with van der Waals surface area (Å²) in [5.74, 6) is 0.658. The van der Waals surface area contributed by atoms with Crippen LogP contribution in [0.2, 0.25) is 5.02 Å². The minimum Gasteiger partial charge on any atom is -0.390 e. The molecule has 0 radical (unpaired) electrons. The molecule has 0 aliphatic heterocycles. The summed E-state index contributed by atoms with van der Waals surface area (Å²) in [6.07, 6.45) is -0.607. The number of hydrogen-bond acceptors (Lipinski definition) is 3. The van der Waals surface area contributed by atoms with Gasteiger partial charge in [-0.1, -0.05) is 23.7 Å². The zero-order chi connectivity index (χ0) is 13.5. The van der Waals surface area contributed by atoms with Crippen LogP contribution in [0.15, 0.2) is 24.3 Å². The molecule has 0 unspecified atom stereocenters. The van der Waals surface area contributed by atoms with Gasteiger partial charge in [-0.3, -0.25) is 4.21 Å². The van der Waals surface area contributed by atoms with Gasteiger partial charge < -0.3 is 9.84 Å². The van der Waals surface area contributed by atoms with Crippen LogP contribution in [0.4, 0.5) is 0 Å². The normalized spacial score (nSPS) is 14.7. The second-order valence-electron chi connectivity index (χ2n) is 4.41. The third-order valence-electron chi connectivity index (χ3n) is 2.24. The topological polar surface area (TPSA) is 46.5 Å². The zero-order valence-corrected chi connectivity index (χ0v) is 12.2. The van der Waals surface area contributed by atoms with Crippen molar-refractivity contribution in [3.63, 3.8) is 0 Å². The molecule has 2 atom stereocenters. The van der Waals surface area contributed by atoms with Crippen LogP contribution >= 0.6 is 11.6 Å². The first-order chi connectivity index (χ1) is 8.47. The second-order valence-corrected chi connectivity index (χ2v) is 6.35. The molecule has 18 heavy (non-hydrogen) atoms. The molecule has 0 saturated heterocycles. The molecular weight excluding hydrogens is 272 g/mol. The summed E-state index contributed by atoms with van der Waals surface area (Å²) in [4.78, 5) is 0. The molecular formula is C13H19ClO3S. The Morgan fingerprint density at radius 2 is 1.94 bits per heavy atom. The third-order valence-corrected chi connectivity index (χ3v) is 3.90. The van der Waals surface area contributed by atoms with Gasteiger partial charge in [-0.15, -0.1) is 0 Å². The van der Waals surface area contributed by atoms with Gasteiger partial charge in [0.15, 0.2) is 0 Å². The molecule has 1 rings (SSSR count). The molecule has 0 saturated carbocycles. The van der Waals surface area contributed by atoms with Crippen LogP contribution in [0.3, 0.4) is 0 Å². The molecule has 3 nitrogen and oxygen atoms in total. The lowest BCUT2D eigenvalue weighted by atomic mass is 10.2. The fraction of sp³-hybridized carbons (Fsp3) is 0.538. The maximum Gasteiger partial charge on any atom is 0.0888 e. The van der Waals surface area contributed by atoms with Crippen molar-refractivity contribution in [3.05, 3.63) is 34.9 Å². The summed E-state index contributed by atoms with van der Waals surface area (Å²) >= 11 is 5.77. The SMILES string of the molecule is CC(C)OC[C@@H](O)C[S@@](=O)Cc1ccc(Cl)cc1. The highest BCUT2D eigenvalue weighted by Crippen LogP contribution is 2.11. The van der Waals surface area contributed by atoms with Gasteiger partial charge in [0.2, 0.25) is 0 Å². The summed E-state index contributed by atoms with van der Waals surface area (Å²) in [6, 6.07) is 7.23. The summed E-state index contributed by atoms with van der Waals surface area (Å²) in [6.45, 7) is 4.03. The van der Waals surface area contributed by atoms with Crippen LogP contribution in [0.1, 0.15) is 19.4 Å². The van der Waals surface area contributed by atoms with E-state index in [-0.39, 0.29) is 18.5 Å². The van der Waals surface area contributed by atoms with E-state index in [1.807, 2.05) is 26.0 Å². The molecule has 0 aliphatic carbocycles. The molecule has 1 N–H and O–H groups in total. The molecule has 0 bridgehead atoms. The quantitative estimate of drug-likeness (QED) is 0.839. The fourth-order valence-corrected chi connectivity index (χ4v) is 2.73. The number of halogens is 1. The van der Waals surface area contributed by atoms with Crippen LogP contribution in [-0.4, -0.2) is 33.9 Å².